The molecule has 0 spiro atoms. The number of aliphatic hydroxyl groups excluding tert-OH is 1. The Labute approximate surface area is 123 Å². The van der Waals surface area contributed by atoms with Gasteiger partial charge in [-0.25, -0.2) is 8.42 Å². The highest BCUT2D eigenvalue weighted by atomic mass is 32.2. The van der Waals surface area contributed by atoms with Gasteiger partial charge in [-0.15, -0.1) is 0 Å². The molecular weight excluding hydrogens is 298 g/mol. The first-order valence-electron chi connectivity index (χ1n) is 6.04. The third kappa shape index (κ3) is 4.50. The molecule has 1 amide bonds. The predicted octanol–water partition coefficient (Wildman–Crippen LogP) is 0.932. The van der Waals surface area contributed by atoms with Crippen molar-refractivity contribution < 1.29 is 18.3 Å². The summed E-state index contributed by atoms with van der Waals surface area (Å²) in [6, 6.07) is 5.59. The van der Waals surface area contributed by atoms with Crippen molar-refractivity contribution in [3.8, 4) is 0 Å². The average Bonchev–Trinajstić information content (AvgIpc) is 2.39. The maximum Gasteiger partial charge on any atom is 0.251 e. The number of benzene rings is 1. The Bertz CT molecular complexity index is 550. The Morgan fingerprint density at radius 2 is 1.90 bits per heavy atom. The monoisotopic (exact) mass is 317 g/mol. The van der Waals surface area contributed by atoms with Crippen LogP contribution in [0.15, 0.2) is 29.2 Å². The van der Waals surface area contributed by atoms with Crippen LogP contribution in [-0.4, -0.2) is 49.8 Å². The third-order valence-corrected chi connectivity index (χ3v) is 5.24. The first-order chi connectivity index (χ1) is 9.29. The van der Waals surface area contributed by atoms with E-state index in [0.29, 0.717) is 5.56 Å². The molecule has 2 atom stereocenters. The molecule has 1 aromatic rings. The normalized spacial score (nSPS) is 14.6. The van der Waals surface area contributed by atoms with E-state index in [1.807, 2.05) is 13.2 Å². The van der Waals surface area contributed by atoms with Gasteiger partial charge in [0.05, 0.1) is 11.5 Å². The number of hydrogen-bond acceptors (Lipinski definition) is 5. The van der Waals surface area contributed by atoms with E-state index in [0.717, 1.165) is 6.26 Å². The van der Waals surface area contributed by atoms with Gasteiger partial charge >= 0.3 is 0 Å². The van der Waals surface area contributed by atoms with Crippen LogP contribution in [0.2, 0.25) is 0 Å². The highest BCUT2D eigenvalue weighted by molar-refractivity contribution is 7.99. The number of sulfone groups is 1. The first-order valence-corrected chi connectivity index (χ1v) is 9.22. The topological polar surface area (TPSA) is 83.5 Å². The third-order valence-electron chi connectivity index (χ3n) is 2.94. The van der Waals surface area contributed by atoms with E-state index in [-0.39, 0.29) is 28.7 Å². The SMILES string of the molecule is CSC(CO)C(C)NC(=O)c1ccc(S(C)(=O)=O)cc1. The Hall–Kier alpha value is -1.05. The molecule has 0 saturated heterocycles. The Morgan fingerprint density at radius 3 is 2.30 bits per heavy atom. The molecule has 0 heterocycles. The van der Waals surface area contributed by atoms with Gasteiger partial charge < -0.3 is 10.4 Å². The lowest BCUT2D eigenvalue weighted by Crippen LogP contribution is -2.41. The molecule has 0 bridgehead atoms. The number of aliphatic hydroxyl groups is 1. The lowest BCUT2D eigenvalue weighted by molar-refractivity contribution is 0.0936. The van der Waals surface area contributed by atoms with Crippen LogP contribution in [0.4, 0.5) is 0 Å². The molecule has 0 saturated carbocycles. The molecule has 2 N–H and O–H groups in total. The fraction of sp³-hybridized carbons (Fsp3) is 0.462. The first kappa shape index (κ1) is 17.0. The number of carbonyl (C=O) groups excluding carboxylic acids is 1. The molecule has 2 unspecified atom stereocenters. The molecule has 0 aliphatic heterocycles. The molecular formula is C13H19NO4S2. The summed E-state index contributed by atoms with van der Waals surface area (Å²) < 4.78 is 22.7. The van der Waals surface area contributed by atoms with Gasteiger partial charge in [0.1, 0.15) is 0 Å². The summed E-state index contributed by atoms with van der Waals surface area (Å²) in [5.74, 6) is -0.287. The highest BCUT2D eigenvalue weighted by Gasteiger charge is 2.18. The van der Waals surface area contributed by atoms with Crippen LogP contribution in [0, 0.1) is 0 Å². The van der Waals surface area contributed by atoms with Gasteiger partial charge in [-0.1, -0.05) is 0 Å². The van der Waals surface area contributed by atoms with Gasteiger partial charge in [-0.3, -0.25) is 4.79 Å². The van der Waals surface area contributed by atoms with Crippen LogP contribution < -0.4 is 5.32 Å². The molecule has 0 aliphatic carbocycles. The van der Waals surface area contributed by atoms with Gasteiger partial charge in [0.25, 0.3) is 5.91 Å². The lowest BCUT2D eigenvalue weighted by Gasteiger charge is -2.21. The van der Waals surface area contributed by atoms with E-state index >= 15 is 0 Å². The zero-order valence-electron chi connectivity index (χ0n) is 11.7. The van der Waals surface area contributed by atoms with Gasteiger partial charge in [0.15, 0.2) is 9.84 Å². The van der Waals surface area contributed by atoms with Crippen LogP contribution in [0.5, 0.6) is 0 Å². The van der Waals surface area contributed by atoms with Crippen molar-refractivity contribution in [2.24, 2.45) is 0 Å². The Morgan fingerprint density at radius 1 is 1.35 bits per heavy atom. The van der Waals surface area contributed by atoms with Gasteiger partial charge in [0.2, 0.25) is 0 Å². The standard InChI is InChI=1S/C13H19NO4S2/c1-9(12(8-15)19-2)14-13(16)10-4-6-11(7-5-10)20(3,17)18/h4-7,9,12,15H,8H2,1-3H3,(H,14,16). The summed E-state index contributed by atoms with van der Waals surface area (Å²) in [5.41, 5.74) is 0.391. The summed E-state index contributed by atoms with van der Waals surface area (Å²) in [6.45, 7) is 1.80. The molecule has 5 nitrogen and oxygen atoms in total. The second-order valence-electron chi connectivity index (χ2n) is 4.52. The smallest absolute Gasteiger partial charge is 0.251 e. The molecule has 0 radical (unpaired) electrons. The van der Waals surface area contributed by atoms with Crippen molar-refractivity contribution in [2.75, 3.05) is 19.1 Å². The zero-order chi connectivity index (χ0) is 15.3. The largest absolute Gasteiger partial charge is 0.395 e. The van der Waals surface area contributed by atoms with E-state index in [4.69, 9.17) is 5.11 Å². The zero-order valence-corrected chi connectivity index (χ0v) is 13.3. The van der Waals surface area contributed by atoms with Crippen molar-refractivity contribution >= 4 is 27.5 Å². The number of hydrogen-bond donors (Lipinski definition) is 2. The number of rotatable bonds is 6. The molecule has 20 heavy (non-hydrogen) atoms. The highest BCUT2D eigenvalue weighted by Crippen LogP contribution is 2.13. The minimum atomic E-state index is -3.26. The van der Waals surface area contributed by atoms with Crippen molar-refractivity contribution in [1.82, 2.24) is 5.32 Å². The summed E-state index contributed by atoms with van der Waals surface area (Å²) in [6.07, 6.45) is 2.99. The molecule has 0 fully saturated rings. The molecule has 0 aromatic heterocycles. The summed E-state index contributed by atoms with van der Waals surface area (Å²) in [7, 11) is -3.26. The van der Waals surface area contributed by atoms with E-state index < -0.39 is 9.84 Å². The van der Waals surface area contributed by atoms with Crippen molar-refractivity contribution in [3.05, 3.63) is 29.8 Å². The van der Waals surface area contributed by atoms with Gasteiger partial charge in [-0.2, -0.15) is 11.8 Å². The van der Waals surface area contributed by atoms with E-state index in [1.165, 1.54) is 36.0 Å². The minimum Gasteiger partial charge on any atom is -0.395 e. The number of carbonyl (C=O) groups is 1. The van der Waals surface area contributed by atoms with Gasteiger partial charge in [0, 0.05) is 23.1 Å². The van der Waals surface area contributed by atoms with E-state index in [9.17, 15) is 13.2 Å². The number of thioether (sulfide) groups is 1. The van der Waals surface area contributed by atoms with Crippen molar-refractivity contribution in [3.63, 3.8) is 0 Å². The lowest BCUT2D eigenvalue weighted by atomic mass is 10.2. The Balaban J connectivity index is 2.78. The molecule has 1 aromatic carbocycles. The molecule has 7 heteroatoms. The summed E-state index contributed by atoms with van der Waals surface area (Å²) in [5, 5.41) is 11.9. The van der Waals surface area contributed by atoms with E-state index in [2.05, 4.69) is 5.32 Å². The van der Waals surface area contributed by atoms with Crippen LogP contribution in [0.1, 0.15) is 17.3 Å². The van der Waals surface area contributed by atoms with Gasteiger partial charge in [-0.05, 0) is 37.4 Å². The van der Waals surface area contributed by atoms with Crippen LogP contribution >= 0.6 is 11.8 Å². The minimum absolute atomic E-state index is 0.0182. The quantitative estimate of drug-likeness (QED) is 0.815. The second-order valence-corrected chi connectivity index (χ2v) is 7.61. The fourth-order valence-corrected chi connectivity index (χ4v) is 2.93. The molecule has 0 aliphatic rings. The van der Waals surface area contributed by atoms with Crippen molar-refractivity contribution in [1.29, 1.82) is 0 Å². The number of amides is 1. The van der Waals surface area contributed by atoms with Crippen LogP contribution in [0.25, 0.3) is 0 Å². The van der Waals surface area contributed by atoms with Crippen molar-refractivity contribution in [2.45, 2.75) is 23.1 Å². The maximum absolute atomic E-state index is 12.0. The second kappa shape index (κ2) is 7.10. The summed E-state index contributed by atoms with van der Waals surface area (Å²) in [4.78, 5) is 12.2. The van der Waals surface area contributed by atoms with E-state index in [1.54, 1.807) is 0 Å². The molecule has 1 rings (SSSR count). The fourth-order valence-electron chi connectivity index (χ4n) is 1.67. The van der Waals surface area contributed by atoms with Crippen LogP contribution in [0.3, 0.4) is 0 Å². The number of nitrogens with one attached hydrogen (secondary N) is 1. The average molecular weight is 317 g/mol. The maximum atomic E-state index is 12.0. The predicted molar refractivity (Wildman–Crippen MR) is 80.9 cm³/mol. The Kier molecular flexibility index (Phi) is 6.04. The molecule has 112 valence electrons. The van der Waals surface area contributed by atoms with Crippen LogP contribution in [-0.2, 0) is 9.84 Å². The summed E-state index contributed by atoms with van der Waals surface area (Å²) >= 11 is 1.48.